The average Bonchev–Trinajstić information content (AvgIpc) is 2.58. The second kappa shape index (κ2) is 8.14. The predicted octanol–water partition coefficient (Wildman–Crippen LogP) is 1.83. The third kappa shape index (κ3) is 3.92. The molecule has 1 N–H and O–H groups in total. The molecule has 0 bridgehead atoms. The van der Waals surface area contributed by atoms with Crippen molar-refractivity contribution in [1.29, 1.82) is 0 Å². The molecule has 1 heterocycles. The van der Waals surface area contributed by atoms with Crippen LogP contribution in [0.5, 0.6) is 0 Å². The van der Waals surface area contributed by atoms with Crippen molar-refractivity contribution in [2.45, 2.75) is 26.5 Å². The van der Waals surface area contributed by atoms with Gasteiger partial charge in [0.05, 0.1) is 6.61 Å². The number of aromatic nitrogens is 2. The first-order valence-electron chi connectivity index (χ1n) is 7.69. The van der Waals surface area contributed by atoms with Crippen LogP contribution in [-0.4, -0.2) is 16.2 Å². The lowest BCUT2D eigenvalue weighted by Gasteiger charge is -2.15. The summed E-state index contributed by atoms with van der Waals surface area (Å²) >= 11 is 0. The fourth-order valence-electron chi connectivity index (χ4n) is 2.55. The van der Waals surface area contributed by atoms with Crippen LogP contribution in [0.4, 0.5) is 0 Å². The Bertz CT molecular complexity index is 885. The van der Waals surface area contributed by atoms with Crippen LogP contribution in [0.3, 0.4) is 0 Å². The van der Waals surface area contributed by atoms with E-state index in [2.05, 4.69) is 17.5 Å². The van der Waals surface area contributed by atoms with E-state index in [1.807, 2.05) is 31.2 Å². The second-order valence-corrected chi connectivity index (χ2v) is 5.28. The lowest BCUT2D eigenvalue weighted by Crippen LogP contribution is -2.36. The molecule has 0 atom stereocenters. The van der Waals surface area contributed by atoms with Crippen molar-refractivity contribution >= 4 is 0 Å². The molecule has 0 saturated carbocycles. The first kappa shape index (κ1) is 17.5. The maximum atomic E-state index is 12.2. The fraction of sp³-hybridized carbons (Fsp3) is 0.263. The van der Waals surface area contributed by atoms with Crippen LogP contribution in [0.15, 0.2) is 46.5 Å². The molecule has 0 amide bonds. The van der Waals surface area contributed by atoms with Gasteiger partial charge in [-0.15, -0.1) is 13.0 Å². The molecule has 0 aliphatic heterocycles. The van der Waals surface area contributed by atoms with E-state index < -0.39 is 5.69 Å². The van der Waals surface area contributed by atoms with Crippen LogP contribution in [0.2, 0.25) is 0 Å². The number of H-pyrrole nitrogens is 1. The summed E-state index contributed by atoms with van der Waals surface area (Å²) in [6, 6.07) is 7.49. The number of benzene rings is 1. The summed E-state index contributed by atoms with van der Waals surface area (Å²) < 4.78 is 6.85. The first-order valence-corrected chi connectivity index (χ1v) is 7.69. The van der Waals surface area contributed by atoms with E-state index in [1.165, 1.54) is 4.57 Å². The Morgan fingerprint density at radius 1 is 1.42 bits per heavy atom. The van der Waals surface area contributed by atoms with Gasteiger partial charge in [0.1, 0.15) is 6.73 Å². The summed E-state index contributed by atoms with van der Waals surface area (Å²) in [5.74, 6) is 2.59. The third-order valence-electron chi connectivity index (χ3n) is 3.69. The number of nitrogens with zero attached hydrogens (tertiary/aromatic N) is 1. The summed E-state index contributed by atoms with van der Waals surface area (Å²) in [5, 5.41) is 0. The van der Waals surface area contributed by atoms with Crippen molar-refractivity contribution in [1.82, 2.24) is 9.55 Å². The number of nitrogens with one attached hydrogen (secondary N) is 1. The lowest BCUT2D eigenvalue weighted by molar-refractivity contribution is 0.0943. The van der Waals surface area contributed by atoms with Crippen molar-refractivity contribution < 1.29 is 4.74 Å². The Balaban J connectivity index is 2.52. The molecule has 0 unspecified atom stereocenters. The highest BCUT2D eigenvalue weighted by Gasteiger charge is 2.14. The summed E-state index contributed by atoms with van der Waals surface area (Å²) in [5.41, 5.74) is 2.07. The molecule has 0 aliphatic carbocycles. The SMILES string of the molecule is C#Cc1cccc(Cc2c(CC)c(=O)[nH]c(=O)n2COCC=C)c1. The minimum absolute atomic E-state index is 0.0544. The van der Waals surface area contributed by atoms with Gasteiger partial charge in [-0.25, -0.2) is 4.79 Å². The number of rotatable bonds is 7. The predicted molar refractivity (Wildman–Crippen MR) is 94.0 cm³/mol. The topological polar surface area (TPSA) is 64.1 Å². The van der Waals surface area contributed by atoms with E-state index in [4.69, 9.17) is 11.2 Å². The van der Waals surface area contributed by atoms with Crippen LogP contribution >= 0.6 is 0 Å². The molecule has 5 nitrogen and oxygen atoms in total. The molecule has 5 heteroatoms. The number of hydrogen-bond donors (Lipinski definition) is 1. The Hall–Kier alpha value is -2.84. The molecule has 24 heavy (non-hydrogen) atoms. The maximum Gasteiger partial charge on any atom is 0.330 e. The number of terminal acetylenes is 1. The summed E-state index contributed by atoms with van der Waals surface area (Å²) in [6.45, 7) is 5.84. The molecule has 0 fully saturated rings. The molecule has 0 radical (unpaired) electrons. The standard InChI is InChI=1S/C19H20N2O3/c1-4-10-24-13-21-17(16(6-3)18(22)20-19(21)23)12-15-9-7-8-14(5-2)11-15/h2,4,7-9,11H,1,6,10,12-13H2,3H3,(H,20,22,23). The van der Waals surface area contributed by atoms with Crippen LogP contribution in [-0.2, 0) is 24.3 Å². The molecule has 0 spiro atoms. The minimum atomic E-state index is -0.482. The Labute approximate surface area is 140 Å². The van der Waals surface area contributed by atoms with Crippen LogP contribution in [0.25, 0.3) is 0 Å². The molecule has 1 aromatic carbocycles. The zero-order valence-electron chi connectivity index (χ0n) is 13.7. The number of ether oxygens (including phenoxy) is 1. The van der Waals surface area contributed by atoms with Crippen molar-refractivity contribution in [3.05, 3.63) is 80.1 Å². The lowest BCUT2D eigenvalue weighted by atomic mass is 10.0. The van der Waals surface area contributed by atoms with E-state index >= 15 is 0 Å². The van der Waals surface area contributed by atoms with Crippen molar-refractivity contribution in [3.8, 4) is 12.3 Å². The van der Waals surface area contributed by atoms with Gasteiger partial charge < -0.3 is 4.74 Å². The molecule has 1 aromatic heterocycles. The summed E-state index contributed by atoms with van der Waals surface area (Å²) in [7, 11) is 0. The Morgan fingerprint density at radius 2 is 2.21 bits per heavy atom. The van der Waals surface area contributed by atoms with Gasteiger partial charge in [0, 0.05) is 23.2 Å². The van der Waals surface area contributed by atoms with Crippen LogP contribution < -0.4 is 11.2 Å². The zero-order valence-corrected chi connectivity index (χ0v) is 13.7. The van der Waals surface area contributed by atoms with E-state index in [0.717, 1.165) is 11.1 Å². The molecule has 2 aromatic rings. The summed E-state index contributed by atoms with van der Waals surface area (Å²) in [6.07, 6.45) is 7.98. The van der Waals surface area contributed by atoms with E-state index in [1.54, 1.807) is 6.08 Å². The quantitative estimate of drug-likeness (QED) is 0.480. The first-order chi connectivity index (χ1) is 11.6. The van der Waals surface area contributed by atoms with Gasteiger partial charge in [-0.2, -0.15) is 0 Å². The zero-order chi connectivity index (χ0) is 17.5. The van der Waals surface area contributed by atoms with Gasteiger partial charge >= 0.3 is 5.69 Å². The van der Waals surface area contributed by atoms with Crippen molar-refractivity contribution in [2.75, 3.05) is 6.61 Å². The molecular formula is C19H20N2O3. The van der Waals surface area contributed by atoms with Gasteiger partial charge in [-0.3, -0.25) is 14.3 Å². The summed E-state index contributed by atoms with van der Waals surface area (Å²) in [4.78, 5) is 26.7. The smallest absolute Gasteiger partial charge is 0.330 e. The molecule has 0 saturated heterocycles. The molecular weight excluding hydrogens is 304 g/mol. The minimum Gasteiger partial charge on any atom is -0.357 e. The molecule has 124 valence electrons. The number of hydrogen-bond acceptors (Lipinski definition) is 3. The monoisotopic (exact) mass is 324 g/mol. The molecule has 0 aliphatic rings. The fourth-order valence-corrected chi connectivity index (χ4v) is 2.55. The third-order valence-corrected chi connectivity index (χ3v) is 3.69. The van der Waals surface area contributed by atoms with Crippen LogP contribution in [0.1, 0.15) is 29.3 Å². The van der Waals surface area contributed by atoms with Gasteiger partial charge in [0.25, 0.3) is 5.56 Å². The highest BCUT2D eigenvalue weighted by molar-refractivity contribution is 5.37. The largest absolute Gasteiger partial charge is 0.357 e. The van der Waals surface area contributed by atoms with Gasteiger partial charge in [-0.05, 0) is 24.1 Å². The van der Waals surface area contributed by atoms with Crippen LogP contribution in [0, 0.1) is 12.3 Å². The van der Waals surface area contributed by atoms with Gasteiger partial charge in [-0.1, -0.05) is 31.1 Å². The van der Waals surface area contributed by atoms with E-state index in [-0.39, 0.29) is 12.3 Å². The van der Waals surface area contributed by atoms with Crippen molar-refractivity contribution in [3.63, 3.8) is 0 Å². The maximum absolute atomic E-state index is 12.2. The Morgan fingerprint density at radius 3 is 2.88 bits per heavy atom. The highest BCUT2D eigenvalue weighted by Crippen LogP contribution is 2.13. The average molecular weight is 324 g/mol. The van der Waals surface area contributed by atoms with E-state index in [9.17, 15) is 9.59 Å². The van der Waals surface area contributed by atoms with E-state index in [0.29, 0.717) is 30.7 Å². The van der Waals surface area contributed by atoms with Gasteiger partial charge in [0.2, 0.25) is 0 Å². The second-order valence-electron chi connectivity index (χ2n) is 5.28. The normalized spacial score (nSPS) is 10.3. The molecule has 2 rings (SSSR count). The number of aromatic amines is 1. The Kier molecular flexibility index (Phi) is 5.94. The van der Waals surface area contributed by atoms with Gasteiger partial charge in [0.15, 0.2) is 0 Å². The highest BCUT2D eigenvalue weighted by atomic mass is 16.5. The van der Waals surface area contributed by atoms with Crippen molar-refractivity contribution in [2.24, 2.45) is 0 Å².